The third-order valence-corrected chi connectivity index (χ3v) is 1.90. The molecule has 0 aliphatic rings. The van der Waals surface area contributed by atoms with Crippen molar-refractivity contribution in [3.63, 3.8) is 0 Å². The van der Waals surface area contributed by atoms with E-state index in [1.165, 1.54) is 13.8 Å². The van der Waals surface area contributed by atoms with E-state index in [0.29, 0.717) is 0 Å². The highest BCUT2D eigenvalue weighted by atomic mass is 35.5. The molecule has 128 valence electrons. The van der Waals surface area contributed by atoms with Gasteiger partial charge in [-0.05, 0) is 34.6 Å². The van der Waals surface area contributed by atoms with E-state index in [1.807, 2.05) is 0 Å². The molecule has 0 heterocycles. The molecule has 0 spiro atoms. The van der Waals surface area contributed by atoms with Crippen molar-refractivity contribution in [2.24, 2.45) is 5.73 Å². The lowest BCUT2D eigenvalue weighted by Gasteiger charge is -2.20. The van der Waals surface area contributed by atoms with Crippen molar-refractivity contribution in [2.45, 2.75) is 65.1 Å². The van der Waals surface area contributed by atoms with E-state index in [4.69, 9.17) is 15.6 Å². The van der Waals surface area contributed by atoms with Crippen LogP contribution in [0.5, 0.6) is 0 Å². The van der Waals surface area contributed by atoms with Crippen molar-refractivity contribution < 1.29 is 28.2 Å². The molecule has 0 unspecified atom stereocenters. The van der Waals surface area contributed by atoms with E-state index >= 15 is 0 Å². The predicted molar refractivity (Wildman–Crippen MR) is 78.0 cm³/mol. The van der Waals surface area contributed by atoms with E-state index in [0.717, 1.165) is 6.92 Å². The lowest BCUT2D eigenvalue weighted by atomic mass is 10.2. The second-order valence-corrected chi connectivity index (χ2v) is 5.45. The topological polar surface area (TPSA) is 102 Å². The summed E-state index contributed by atoms with van der Waals surface area (Å²) in [5.41, 5.74) is 4.21. The molecule has 2 atom stereocenters. The van der Waals surface area contributed by atoms with Crippen molar-refractivity contribution in [2.75, 3.05) is 0 Å². The fourth-order valence-electron chi connectivity index (χ4n) is 0.546. The van der Waals surface area contributed by atoms with Gasteiger partial charge in [-0.1, -0.05) is 0 Å². The van der Waals surface area contributed by atoms with Crippen LogP contribution in [0.2, 0.25) is 0 Å². The molecule has 0 aliphatic heterocycles. The van der Waals surface area contributed by atoms with Crippen LogP contribution in [0.15, 0.2) is 0 Å². The molecular formula is C12H25ClF2N2O4. The minimum absolute atomic E-state index is 0. The number of carboxylic acid groups (broad SMARTS) is 1. The highest BCUT2D eigenvalue weighted by Crippen LogP contribution is 2.13. The van der Waals surface area contributed by atoms with Gasteiger partial charge in [-0.25, -0.2) is 13.6 Å². The molecule has 0 aromatic rings. The summed E-state index contributed by atoms with van der Waals surface area (Å²) in [7, 11) is 0. The highest BCUT2D eigenvalue weighted by molar-refractivity contribution is 5.85. The summed E-state index contributed by atoms with van der Waals surface area (Å²) in [4.78, 5) is 21.3. The number of carbonyl (C=O) groups is 2. The molecule has 0 aromatic carbocycles. The molecule has 1 amide bonds. The van der Waals surface area contributed by atoms with Crippen molar-refractivity contribution in [3.8, 4) is 0 Å². The summed E-state index contributed by atoms with van der Waals surface area (Å²) >= 11 is 0. The van der Waals surface area contributed by atoms with Gasteiger partial charge in [-0.2, -0.15) is 0 Å². The Balaban J connectivity index is -0.000000347. The largest absolute Gasteiger partial charge is 0.480 e. The summed E-state index contributed by atoms with van der Waals surface area (Å²) in [5.74, 6) is -3.81. The van der Waals surface area contributed by atoms with Gasteiger partial charge in [0.2, 0.25) is 0 Å². The number of halogens is 3. The Morgan fingerprint density at radius 3 is 1.71 bits per heavy atom. The fraction of sp³-hybridized carbons (Fsp3) is 0.833. The van der Waals surface area contributed by atoms with E-state index < -0.39 is 35.7 Å². The zero-order chi connectivity index (χ0) is 16.7. The SMILES string of the molecule is C[C@H](N)C(C)(F)F.C[C@H](NC(=O)OC(C)(C)C)C(=O)O.Cl. The van der Waals surface area contributed by atoms with Crippen LogP contribution in [0.1, 0.15) is 41.5 Å². The molecule has 0 saturated heterocycles. The molecule has 0 bridgehead atoms. The number of alkyl halides is 2. The van der Waals surface area contributed by atoms with Crippen molar-refractivity contribution in [1.82, 2.24) is 5.32 Å². The van der Waals surface area contributed by atoms with Crippen molar-refractivity contribution in [3.05, 3.63) is 0 Å². The molecule has 4 N–H and O–H groups in total. The zero-order valence-electron chi connectivity index (χ0n) is 13.1. The Bertz CT molecular complexity index is 328. The molecular weight excluding hydrogens is 310 g/mol. The third-order valence-electron chi connectivity index (χ3n) is 1.90. The van der Waals surface area contributed by atoms with Gasteiger partial charge < -0.3 is 20.9 Å². The van der Waals surface area contributed by atoms with E-state index in [1.54, 1.807) is 20.8 Å². The number of aliphatic carboxylic acids is 1. The molecule has 0 aromatic heterocycles. The quantitative estimate of drug-likeness (QED) is 0.735. The van der Waals surface area contributed by atoms with Crippen molar-refractivity contribution >= 4 is 24.5 Å². The minimum Gasteiger partial charge on any atom is -0.480 e. The average molecular weight is 335 g/mol. The Morgan fingerprint density at radius 2 is 1.52 bits per heavy atom. The van der Waals surface area contributed by atoms with Crippen LogP contribution in [0.25, 0.3) is 0 Å². The molecule has 0 radical (unpaired) electrons. The van der Waals surface area contributed by atoms with Gasteiger partial charge in [0.05, 0.1) is 6.04 Å². The maximum absolute atomic E-state index is 11.7. The molecule has 9 heteroatoms. The van der Waals surface area contributed by atoms with Crippen molar-refractivity contribution in [1.29, 1.82) is 0 Å². The number of hydrogen-bond acceptors (Lipinski definition) is 4. The average Bonchev–Trinajstić information content (AvgIpc) is 2.13. The molecule has 6 nitrogen and oxygen atoms in total. The minimum atomic E-state index is -2.72. The fourth-order valence-corrected chi connectivity index (χ4v) is 0.546. The monoisotopic (exact) mass is 334 g/mol. The van der Waals surface area contributed by atoms with Gasteiger partial charge in [-0.3, -0.25) is 4.79 Å². The lowest BCUT2D eigenvalue weighted by molar-refractivity contribution is -0.139. The number of carboxylic acids is 1. The zero-order valence-corrected chi connectivity index (χ0v) is 13.9. The second kappa shape index (κ2) is 9.73. The standard InChI is InChI=1S/C8H15NO4.C4H9F2N.ClH/c1-5(6(10)11)9-7(12)13-8(2,3)4;1-3(7)4(2,5)6;/h5H,1-4H3,(H,9,12)(H,10,11);3H,7H2,1-2H3;1H/t5-;3-;/m00./s1. The van der Waals surface area contributed by atoms with Gasteiger partial charge in [-0.15, -0.1) is 12.4 Å². The third kappa shape index (κ3) is 16.8. The summed E-state index contributed by atoms with van der Waals surface area (Å²) in [5, 5.41) is 10.6. The Labute approximate surface area is 129 Å². The number of nitrogens with one attached hydrogen (secondary N) is 1. The first-order valence-corrected chi connectivity index (χ1v) is 6.02. The molecule has 0 aliphatic carbocycles. The van der Waals surface area contributed by atoms with Gasteiger partial charge in [0.15, 0.2) is 0 Å². The summed E-state index contributed by atoms with van der Waals surface area (Å²) < 4.78 is 28.3. The van der Waals surface area contributed by atoms with Crippen LogP contribution in [0.3, 0.4) is 0 Å². The number of ether oxygens (including phenoxy) is 1. The Kier molecular flexibility index (Phi) is 11.5. The maximum Gasteiger partial charge on any atom is 0.408 e. The smallest absolute Gasteiger partial charge is 0.408 e. The summed E-state index contributed by atoms with van der Waals surface area (Å²) in [6.45, 7) is 8.57. The number of nitrogens with two attached hydrogens (primary N) is 1. The first kappa shape index (κ1) is 24.8. The van der Waals surface area contributed by atoms with Gasteiger partial charge in [0.25, 0.3) is 5.92 Å². The Hall–Kier alpha value is -1.15. The normalized spacial score (nSPS) is 13.8. The van der Waals surface area contributed by atoms with Crippen LogP contribution in [-0.4, -0.2) is 40.8 Å². The summed E-state index contributed by atoms with van der Waals surface area (Å²) in [6, 6.07) is -1.97. The number of alkyl carbamates (subject to hydrolysis) is 1. The molecule has 0 rings (SSSR count). The summed E-state index contributed by atoms with van der Waals surface area (Å²) in [6.07, 6.45) is -0.720. The van der Waals surface area contributed by atoms with Gasteiger partial charge in [0.1, 0.15) is 11.6 Å². The Morgan fingerprint density at radius 1 is 1.19 bits per heavy atom. The molecule has 21 heavy (non-hydrogen) atoms. The van der Waals surface area contributed by atoms with Gasteiger partial charge in [0, 0.05) is 6.92 Å². The number of hydrogen-bond donors (Lipinski definition) is 3. The lowest BCUT2D eigenvalue weighted by Crippen LogP contribution is -2.41. The van der Waals surface area contributed by atoms with E-state index in [2.05, 4.69) is 5.32 Å². The number of amides is 1. The highest BCUT2D eigenvalue weighted by Gasteiger charge is 2.26. The predicted octanol–water partition coefficient (Wildman–Crippen LogP) is 2.39. The number of carbonyl (C=O) groups excluding carboxylic acids is 1. The van der Waals surface area contributed by atoms with E-state index in [-0.39, 0.29) is 12.4 Å². The molecule has 0 saturated carbocycles. The first-order chi connectivity index (χ1) is 8.66. The second-order valence-electron chi connectivity index (χ2n) is 5.45. The maximum atomic E-state index is 11.7. The number of rotatable bonds is 3. The first-order valence-electron chi connectivity index (χ1n) is 6.02. The van der Waals surface area contributed by atoms with Crippen LogP contribution in [0, 0.1) is 0 Å². The van der Waals surface area contributed by atoms with Crippen LogP contribution in [-0.2, 0) is 9.53 Å². The van der Waals surface area contributed by atoms with Crippen LogP contribution >= 0.6 is 12.4 Å². The van der Waals surface area contributed by atoms with Crippen LogP contribution in [0.4, 0.5) is 13.6 Å². The molecule has 0 fully saturated rings. The van der Waals surface area contributed by atoms with E-state index in [9.17, 15) is 18.4 Å². The van der Waals surface area contributed by atoms with Crippen LogP contribution < -0.4 is 11.1 Å². The van der Waals surface area contributed by atoms with Gasteiger partial charge >= 0.3 is 12.1 Å².